The molecule has 1 aromatic heterocycles. The van der Waals surface area contributed by atoms with Gasteiger partial charge in [0.05, 0.1) is 13.1 Å². The summed E-state index contributed by atoms with van der Waals surface area (Å²) in [6.07, 6.45) is 10.8. The fraction of sp³-hybridized carbons (Fsp3) is 0.522. The zero-order valence-corrected chi connectivity index (χ0v) is 16.1. The van der Waals surface area contributed by atoms with Gasteiger partial charge in [-0.25, -0.2) is 0 Å². The molecule has 144 valence electrons. The van der Waals surface area contributed by atoms with Crippen LogP contribution in [0.2, 0.25) is 0 Å². The molecule has 0 atom stereocenters. The number of aromatic nitrogens is 1. The second kappa shape index (κ2) is 8.75. The van der Waals surface area contributed by atoms with Crippen molar-refractivity contribution in [3.8, 4) is 0 Å². The molecule has 4 rings (SSSR count). The Bertz CT molecular complexity index is 729. The maximum atomic E-state index is 12.9. The molecule has 0 spiro atoms. The van der Waals surface area contributed by atoms with Gasteiger partial charge in [-0.1, -0.05) is 49.6 Å². The molecule has 1 N–H and O–H groups in total. The largest absolute Gasteiger partial charge is 0.345 e. The van der Waals surface area contributed by atoms with E-state index in [1.807, 2.05) is 6.07 Å². The lowest BCUT2D eigenvalue weighted by molar-refractivity contribution is -0.131. The third kappa shape index (κ3) is 5.01. The third-order valence-electron chi connectivity index (χ3n) is 5.91. The van der Waals surface area contributed by atoms with E-state index >= 15 is 0 Å². The first-order chi connectivity index (χ1) is 13.3. The summed E-state index contributed by atoms with van der Waals surface area (Å²) in [7, 11) is 0. The quantitative estimate of drug-likeness (QED) is 0.769. The Morgan fingerprint density at radius 1 is 1.00 bits per heavy atom. The highest BCUT2D eigenvalue weighted by atomic mass is 16.2. The van der Waals surface area contributed by atoms with Crippen molar-refractivity contribution in [2.24, 2.45) is 0 Å². The SMILES string of the molecule is O=C(CNC1CCCCC1)N(Cc1cccn1Cc1ccccc1)C1CC1. The number of nitrogens with zero attached hydrogens (tertiary/aromatic N) is 2. The lowest BCUT2D eigenvalue weighted by Gasteiger charge is -2.27. The van der Waals surface area contributed by atoms with Crippen molar-refractivity contribution < 1.29 is 4.79 Å². The summed E-state index contributed by atoms with van der Waals surface area (Å²) in [5.74, 6) is 0.260. The minimum absolute atomic E-state index is 0.260. The van der Waals surface area contributed by atoms with Gasteiger partial charge in [-0.15, -0.1) is 0 Å². The smallest absolute Gasteiger partial charge is 0.237 e. The molecule has 0 aliphatic heterocycles. The van der Waals surface area contributed by atoms with E-state index < -0.39 is 0 Å². The maximum absolute atomic E-state index is 12.9. The van der Waals surface area contributed by atoms with Gasteiger partial charge in [0, 0.05) is 30.5 Å². The van der Waals surface area contributed by atoms with Crippen LogP contribution in [0.5, 0.6) is 0 Å². The first-order valence-corrected chi connectivity index (χ1v) is 10.5. The number of nitrogens with one attached hydrogen (secondary N) is 1. The molecule has 2 aliphatic rings. The molecule has 1 aromatic carbocycles. The standard InChI is InChI=1S/C23H31N3O/c27-23(16-24-20-10-5-2-6-11-20)26(21-13-14-21)18-22-12-7-15-25(22)17-19-8-3-1-4-9-19/h1,3-4,7-9,12,15,20-21,24H,2,5-6,10-11,13-14,16-18H2. The van der Waals surface area contributed by atoms with Crippen LogP contribution in [0.25, 0.3) is 0 Å². The molecule has 4 heteroatoms. The Kier molecular flexibility index (Phi) is 5.93. The summed E-state index contributed by atoms with van der Waals surface area (Å²) in [5, 5.41) is 3.52. The lowest BCUT2D eigenvalue weighted by Crippen LogP contribution is -2.43. The number of amides is 1. The van der Waals surface area contributed by atoms with Crippen LogP contribution in [-0.4, -0.2) is 34.0 Å². The Balaban J connectivity index is 1.37. The zero-order valence-electron chi connectivity index (χ0n) is 16.1. The van der Waals surface area contributed by atoms with Gasteiger partial charge in [0.2, 0.25) is 5.91 Å². The van der Waals surface area contributed by atoms with E-state index in [4.69, 9.17) is 0 Å². The summed E-state index contributed by atoms with van der Waals surface area (Å²) in [5.41, 5.74) is 2.51. The number of rotatable bonds is 8. The average Bonchev–Trinajstić information content (AvgIpc) is 3.46. The number of benzene rings is 1. The van der Waals surface area contributed by atoms with Crippen LogP contribution in [0, 0.1) is 0 Å². The van der Waals surface area contributed by atoms with E-state index in [1.165, 1.54) is 43.4 Å². The molecule has 1 amide bonds. The molecular weight excluding hydrogens is 334 g/mol. The summed E-state index contributed by atoms with van der Waals surface area (Å²) in [6, 6.07) is 15.7. The molecule has 2 fully saturated rings. The van der Waals surface area contributed by atoms with Crippen LogP contribution in [0.4, 0.5) is 0 Å². The highest BCUT2D eigenvalue weighted by Crippen LogP contribution is 2.29. The van der Waals surface area contributed by atoms with Crippen molar-refractivity contribution in [3.63, 3.8) is 0 Å². The van der Waals surface area contributed by atoms with Crippen molar-refractivity contribution in [3.05, 3.63) is 59.9 Å². The van der Waals surface area contributed by atoms with E-state index in [0.717, 1.165) is 25.9 Å². The third-order valence-corrected chi connectivity index (χ3v) is 5.91. The van der Waals surface area contributed by atoms with Gasteiger partial charge in [-0.05, 0) is 43.4 Å². The number of hydrogen-bond acceptors (Lipinski definition) is 2. The second-order valence-corrected chi connectivity index (χ2v) is 8.08. The van der Waals surface area contributed by atoms with Crippen LogP contribution in [0.1, 0.15) is 56.2 Å². The van der Waals surface area contributed by atoms with Crippen LogP contribution >= 0.6 is 0 Å². The Hall–Kier alpha value is -2.07. The number of carbonyl (C=O) groups excluding carboxylic acids is 1. The monoisotopic (exact) mass is 365 g/mol. The summed E-state index contributed by atoms with van der Waals surface area (Å²) in [6.45, 7) is 2.06. The fourth-order valence-corrected chi connectivity index (χ4v) is 4.15. The molecule has 2 saturated carbocycles. The minimum Gasteiger partial charge on any atom is -0.345 e. The summed E-state index contributed by atoms with van der Waals surface area (Å²) < 4.78 is 2.27. The van der Waals surface area contributed by atoms with Gasteiger partial charge in [0.1, 0.15) is 0 Å². The molecule has 0 saturated heterocycles. The predicted molar refractivity (Wildman–Crippen MR) is 108 cm³/mol. The van der Waals surface area contributed by atoms with Crippen molar-refractivity contribution >= 4 is 5.91 Å². The van der Waals surface area contributed by atoms with Crippen LogP contribution in [-0.2, 0) is 17.9 Å². The van der Waals surface area contributed by atoms with E-state index in [9.17, 15) is 4.79 Å². The van der Waals surface area contributed by atoms with Gasteiger partial charge in [0.15, 0.2) is 0 Å². The fourth-order valence-electron chi connectivity index (χ4n) is 4.15. The molecule has 2 aromatic rings. The zero-order chi connectivity index (χ0) is 18.5. The predicted octanol–water partition coefficient (Wildman–Crippen LogP) is 3.95. The highest BCUT2D eigenvalue weighted by Gasteiger charge is 2.33. The molecule has 2 aliphatic carbocycles. The lowest BCUT2D eigenvalue weighted by atomic mass is 9.95. The summed E-state index contributed by atoms with van der Waals surface area (Å²) in [4.78, 5) is 15.0. The topological polar surface area (TPSA) is 37.3 Å². The molecular formula is C23H31N3O. The minimum atomic E-state index is 0.260. The van der Waals surface area contributed by atoms with Crippen molar-refractivity contribution in [1.29, 1.82) is 0 Å². The second-order valence-electron chi connectivity index (χ2n) is 8.08. The first kappa shape index (κ1) is 18.3. The molecule has 0 radical (unpaired) electrons. The Labute approximate surface area is 162 Å². The Morgan fingerprint density at radius 2 is 1.78 bits per heavy atom. The van der Waals surface area contributed by atoms with Crippen molar-refractivity contribution in [2.45, 2.75) is 70.1 Å². The van der Waals surface area contributed by atoms with Gasteiger partial charge in [-0.2, -0.15) is 0 Å². The van der Waals surface area contributed by atoms with Gasteiger partial charge >= 0.3 is 0 Å². The Morgan fingerprint density at radius 3 is 2.52 bits per heavy atom. The molecule has 1 heterocycles. The van der Waals surface area contributed by atoms with Gasteiger partial charge in [0.25, 0.3) is 0 Å². The number of carbonyl (C=O) groups is 1. The van der Waals surface area contributed by atoms with E-state index in [-0.39, 0.29) is 5.91 Å². The van der Waals surface area contributed by atoms with Crippen molar-refractivity contribution in [1.82, 2.24) is 14.8 Å². The molecule has 0 bridgehead atoms. The van der Waals surface area contributed by atoms with Gasteiger partial charge in [-0.3, -0.25) is 4.79 Å². The van der Waals surface area contributed by atoms with E-state index in [0.29, 0.717) is 18.6 Å². The average molecular weight is 366 g/mol. The van der Waals surface area contributed by atoms with E-state index in [2.05, 4.69) is 57.4 Å². The van der Waals surface area contributed by atoms with Crippen LogP contribution in [0.3, 0.4) is 0 Å². The first-order valence-electron chi connectivity index (χ1n) is 10.5. The molecule has 0 unspecified atom stereocenters. The van der Waals surface area contributed by atoms with Crippen LogP contribution < -0.4 is 5.32 Å². The normalized spacial score (nSPS) is 17.8. The van der Waals surface area contributed by atoms with Crippen molar-refractivity contribution in [2.75, 3.05) is 6.54 Å². The maximum Gasteiger partial charge on any atom is 0.237 e. The molecule has 27 heavy (non-hydrogen) atoms. The highest BCUT2D eigenvalue weighted by molar-refractivity contribution is 5.79. The molecule has 4 nitrogen and oxygen atoms in total. The van der Waals surface area contributed by atoms with Crippen LogP contribution in [0.15, 0.2) is 48.7 Å². The van der Waals surface area contributed by atoms with Gasteiger partial charge < -0.3 is 14.8 Å². The van der Waals surface area contributed by atoms with E-state index in [1.54, 1.807) is 0 Å². The summed E-state index contributed by atoms with van der Waals surface area (Å²) >= 11 is 0. The number of hydrogen-bond donors (Lipinski definition) is 1.